The van der Waals surface area contributed by atoms with E-state index in [1.807, 2.05) is 18.2 Å². The van der Waals surface area contributed by atoms with Crippen molar-refractivity contribution < 1.29 is 12.8 Å². The zero-order valence-corrected chi connectivity index (χ0v) is 13.3. The lowest BCUT2D eigenvalue weighted by molar-refractivity contribution is 0.561. The van der Waals surface area contributed by atoms with Gasteiger partial charge in [0.25, 0.3) is 0 Å². The van der Waals surface area contributed by atoms with Crippen molar-refractivity contribution in [2.75, 3.05) is 12.4 Å². The maximum absolute atomic E-state index is 12.2. The molecule has 1 aromatic heterocycles. The van der Waals surface area contributed by atoms with Crippen molar-refractivity contribution in [3.05, 3.63) is 29.7 Å². The van der Waals surface area contributed by atoms with Crippen molar-refractivity contribution in [3.8, 4) is 0 Å². The maximum atomic E-state index is 12.2. The Labute approximate surface area is 128 Å². The molecule has 2 aromatic rings. The standard InChI is InChI=1S/C14H17ClN2O3S/c1-10-17-13-11(3-2-4-12(13)20-10)5-8-16-21(18,19)14(9-15)6-7-14/h2-4,16H,5-9H2,1H3. The number of para-hydroxylation sites is 1. The summed E-state index contributed by atoms with van der Waals surface area (Å²) in [6, 6.07) is 5.68. The van der Waals surface area contributed by atoms with Gasteiger partial charge in [0.05, 0.1) is 4.75 Å². The Kier molecular flexibility index (Phi) is 3.71. The number of oxazole rings is 1. The second kappa shape index (κ2) is 5.26. The minimum absolute atomic E-state index is 0.153. The van der Waals surface area contributed by atoms with Crippen molar-refractivity contribution in [2.45, 2.75) is 30.9 Å². The second-order valence-corrected chi connectivity index (χ2v) is 7.89. The largest absolute Gasteiger partial charge is 0.441 e. The van der Waals surface area contributed by atoms with Crippen molar-refractivity contribution in [1.82, 2.24) is 9.71 Å². The number of nitrogens with one attached hydrogen (secondary N) is 1. The number of hydrogen-bond donors (Lipinski definition) is 1. The van der Waals surface area contributed by atoms with Crippen LogP contribution < -0.4 is 4.72 Å². The van der Waals surface area contributed by atoms with E-state index in [2.05, 4.69) is 9.71 Å². The minimum atomic E-state index is -3.34. The first-order valence-corrected chi connectivity index (χ1v) is 8.89. The van der Waals surface area contributed by atoms with Crippen LogP contribution in [0.5, 0.6) is 0 Å². The van der Waals surface area contributed by atoms with Gasteiger partial charge in [0.1, 0.15) is 5.52 Å². The first-order valence-electron chi connectivity index (χ1n) is 6.88. The number of fused-ring (bicyclic) bond motifs is 1. The van der Waals surface area contributed by atoms with Gasteiger partial charge < -0.3 is 4.42 Å². The molecule has 21 heavy (non-hydrogen) atoms. The molecule has 0 radical (unpaired) electrons. The molecule has 0 spiro atoms. The molecule has 0 unspecified atom stereocenters. The molecular weight excluding hydrogens is 312 g/mol. The minimum Gasteiger partial charge on any atom is -0.441 e. The molecule has 7 heteroatoms. The van der Waals surface area contributed by atoms with Crippen molar-refractivity contribution in [1.29, 1.82) is 0 Å². The Balaban J connectivity index is 1.70. The molecule has 3 rings (SSSR count). The summed E-state index contributed by atoms with van der Waals surface area (Å²) in [7, 11) is -3.34. The number of aromatic nitrogens is 1. The SMILES string of the molecule is Cc1nc2c(CCNS(=O)(=O)C3(CCl)CC3)cccc2o1. The third-order valence-corrected chi connectivity index (χ3v) is 6.86. The first kappa shape index (κ1) is 14.8. The Morgan fingerprint density at radius 1 is 1.43 bits per heavy atom. The van der Waals surface area contributed by atoms with Gasteiger partial charge in [0, 0.05) is 19.3 Å². The molecule has 0 atom stereocenters. The van der Waals surface area contributed by atoms with Gasteiger partial charge in [-0.1, -0.05) is 12.1 Å². The summed E-state index contributed by atoms with van der Waals surface area (Å²) in [5.74, 6) is 0.762. The van der Waals surface area contributed by atoms with Gasteiger partial charge in [0.15, 0.2) is 11.5 Å². The number of nitrogens with zero attached hydrogens (tertiary/aromatic N) is 1. The van der Waals surface area contributed by atoms with E-state index in [0.29, 0.717) is 31.7 Å². The molecule has 1 N–H and O–H groups in total. The zero-order chi connectivity index (χ0) is 15.1. The first-order chi connectivity index (χ1) is 9.97. The molecule has 1 saturated carbocycles. The van der Waals surface area contributed by atoms with Crippen LogP contribution in [0.2, 0.25) is 0 Å². The second-order valence-electron chi connectivity index (χ2n) is 5.46. The molecule has 1 aromatic carbocycles. The Bertz CT molecular complexity index is 766. The van der Waals surface area contributed by atoms with Gasteiger partial charge in [0.2, 0.25) is 10.0 Å². The third-order valence-electron chi connectivity index (χ3n) is 3.92. The maximum Gasteiger partial charge on any atom is 0.218 e. The highest BCUT2D eigenvalue weighted by Crippen LogP contribution is 2.43. The summed E-state index contributed by atoms with van der Waals surface area (Å²) in [6.07, 6.45) is 1.86. The Morgan fingerprint density at radius 3 is 2.86 bits per heavy atom. The summed E-state index contributed by atoms with van der Waals surface area (Å²) in [4.78, 5) is 4.34. The lowest BCUT2D eigenvalue weighted by atomic mass is 10.1. The van der Waals surface area contributed by atoms with Crippen molar-refractivity contribution >= 4 is 32.7 Å². The molecule has 5 nitrogen and oxygen atoms in total. The number of sulfonamides is 1. The van der Waals surface area contributed by atoms with E-state index in [1.165, 1.54) is 0 Å². The Morgan fingerprint density at radius 2 is 2.19 bits per heavy atom. The topological polar surface area (TPSA) is 72.2 Å². The predicted molar refractivity (Wildman–Crippen MR) is 82.1 cm³/mol. The lowest BCUT2D eigenvalue weighted by Gasteiger charge is -2.14. The van der Waals surface area contributed by atoms with Gasteiger partial charge in [-0.2, -0.15) is 0 Å². The predicted octanol–water partition coefficient (Wildman–Crippen LogP) is 2.37. The van der Waals surface area contributed by atoms with Crippen LogP contribution in [-0.4, -0.2) is 30.6 Å². The Hall–Kier alpha value is -1.11. The van der Waals surface area contributed by atoms with E-state index in [4.69, 9.17) is 16.0 Å². The number of hydrogen-bond acceptors (Lipinski definition) is 4. The van der Waals surface area contributed by atoms with Crippen LogP contribution in [0.3, 0.4) is 0 Å². The van der Waals surface area contributed by atoms with Gasteiger partial charge >= 0.3 is 0 Å². The number of alkyl halides is 1. The van der Waals surface area contributed by atoms with E-state index >= 15 is 0 Å². The third kappa shape index (κ3) is 2.67. The van der Waals surface area contributed by atoms with Crippen LogP contribution in [-0.2, 0) is 16.4 Å². The summed E-state index contributed by atoms with van der Waals surface area (Å²) >= 11 is 5.78. The average Bonchev–Trinajstić information content (AvgIpc) is 3.16. The van der Waals surface area contributed by atoms with Crippen LogP contribution in [0.1, 0.15) is 24.3 Å². The van der Waals surface area contributed by atoms with Gasteiger partial charge in [-0.15, -0.1) is 11.6 Å². The number of aryl methyl sites for hydroxylation is 1. The number of halogens is 1. The van der Waals surface area contributed by atoms with E-state index in [-0.39, 0.29) is 5.88 Å². The molecule has 114 valence electrons. The highest BCUT2D eigenvalue weighted by Gasteiger charge is 2.53. The van der Waals surface area contributed by atoms with Crippen LogP contribution in [0.4, 0.5) is 0 Å². The number of benzene rings is 1. The summed E-state index contributed by atoms with van der Waals surface area (Å²) < 4.78 is 31.7. The van der Waals surface area contributed by atoms with Crippen molar-refractivity contribution in [3.63, 3.8) is 0 Å². The monoisotopic (exact) mass is 328 g/mol. The van der Waals surface area contributed by atoms with E-state index in [9.17, 15) is 8.42 Å². The fourth-order valence-corrected chi connectivity index (χ4v) is 4.56. The van der Waals surface area contributed by atoms with Crippen LogP contribution >= 0.6 is 11.6 Å². The number of rotatable bonds is 6. The highest BCUT2D eigenvalue weighted by molar-refractivity contribution is 7.91. The van der Waals surface area contributed by atoms with Crippen LogP contribution in [0.15, 0.2) is 22.6 Å². The van der Waals surface area contributed by atoms with Gasteiger partial charge in [-0.25, -0.2) is 18.1 Å². The van der Waals surface area contributed by atoms with Crippen LogP contribution in [0, 0.1) is 6.92 Å². The quantitative estimate of drug-likeness (QED) is 0.826. The fraction of sp³-hybridized carbons (Fsp3) is 0.500. The molecule has 0 aliphatic heterocycles. The molecule has 1 aliphatic rings. The molecule has 0 amide bonds. The summed E-state index contributed by atoms with van der Waals surface area (Å²) in [5, 5.41) is 0. The molecule has 1 heterocycles. The molecule has 1 aliphatic carbocycles. The normalized spacial score (nSPS) is 17.2. The summed E-state index contributed by atoms with van der Waals surface area (Å²) in [6.45, 7) is 2.13. The van der Waals surface area contributed by atoms with Gasteiger partial charge in [-0.05, 0) is 30.9 Å². The molecule has 1 fully saturated rings. The zero-order valence-electron chi connectivity index (χ0n) is 11.7. The van der Waals surface area contributed by atoms with Crippen LogP contribution in [0.25, 0.3) is 11.1 Å². The molecule has 0 saturated heterocycles. The van der Waals surface area contributed by atoms with E-state index in [0.717, 1.165) is 16.7 Å². The van der Waals surface area contributed by atoms with E-state index in [1.54, 1.807) is 6.92 Å². The summed E-state index contributed by atoms with van der Waals surface area (Å²) in [5.41, 5.74) is 2.50. The fourth-order valence-electron chi connectivity index (χ4n) is 2.40. The van der Waals surface area contributed by atoms with Gasteiger partial charge in [-0.3, -0.25) is 0 Å². The highest BCUT2D eigenvalue weighted by atomic mass is 35.5. The lowest BCUT2D eigenvalue weighted by Crippen LogP contribution is -2.38. The van der Waals surface area contributed by atoms with Crippen molar-refractivity contribution in [2.24, 2.45) is 0 Å². The molecular formula is C14H17ClN2O3S. The van der Waals surface area contributed by atoms with E-state index < -0.39 is 14.8 Å². The average molecular weight is 329 g/mol. The smallest absolute Gasteiger partial charge is 0.218 e. The molecule has 0 bridgehead atoms.